The molecule has 2 rings (SSSR count). The number of benzene rings is 1. The Labute approximate surface area is 109 Å². The van der Waals surface area contributed by atoms with Gasteiger partial charge in [-0.3, -0.25) is 0 Å². The molecule has 0 bridgehead atoms. The van der Waals surface area contributed by atoms with E-state index >= 15 is 0 Å². The number of rotatable bonds is 2. The molecule has 0 saturated heterocycles. The summed E-state index contributed by atoms with van der Waals surface area (Å²) in [6.07, 6.45) is 2.18. The van der Waals surface area contributed by atoms with Gasteiger partial charge in [-0.2, -0.15) is 16.8 Å². The van der Waals surface area contributed by atoms with Gasteiger partial charge in [0.2, 0.25) is 0 Å². The molecule has 0 aliphatic carbocycles. The molecule has 1 aliphatic rings. The topological polar surface area (TPSA) is 107 Å². The van der Waals surface area contributed by atoms with Gasteiger partial charge in [0, 0.05) is 5.56 Å². The summed E-state index contributed by atoms with van der Waals surface area (Å²) in [6.45, 7) is 1.32. The molecule has 0 saturated carbocycles. The highest BCUT2D eigenvalue weighted by molar-refractivity contribution is 7.91. The third kappa shape index (κ3) is 2.30. The summed E-state index contributed by atoms with van der Waals surface area (Å²) in [6, 6.07) is 3.97. The molecule has 0 amide bonds. The Hall–Kier alpha value is -1.96. The van der Waals surface area contributed by atoms with Crippen molar-refractivity contribution in [2.24, 2.45) is 4.40 Å². The Morgan fingerprint density at radius 2 is 2.00 bits per heavy atom. The van der Waals surface area contributed by atoms with Gasteiger partial charge < -0.3 is 4.18 Å². The third-order valence-electron chi connectivity index (χ3n) is 2.39. The SMILES string of the molecule is CC1=Cc2cccc(S(=O)(=O)N=C=O)c2OS1(=O)=O. The smallest absolute Gasteiger partial charge is 0.335 e. The van der Waals surface area contributed by atoms with Crippen molar-refractivity contribution >= 4 is 32.3 Å². The van der Waals surface area contributed by atoms with Crippen LogP contribution < -0.4 is 4.18 Å². The van der Waals surface area contributed by atoms with Crippen LogP contribution in [0.4, 0.5) is 0 Å². The van der Waals surface area contributed by atoms with Crippen molar-refractivity contribution < 1.29 is 25.8 Å². The van der Waals surface area contributed by atoms with Crippen LogP contribution in [0.3, 0.4) is 0 Å². The van der Waals surface area contributed by atoms with Crippen molar-refractivity contribution in [2.75, 3.05) is 0 Å². The maximum absolute atomic E-state index is 11.7. The predicted octanol–water partition coefficient (Wildman–Crippen LogP) is 0.794. The summed E-state index contributed by atoms with van der Waals surface area (Å²) in [5, 5.41) is 0. The lowest BCUT2D eigenvalue weighted by molar-refractivity contribution is 0.483. The predicted molar refractivity (Wildman–Crippen MR) is 64.9 cm³/mol. The summed E-state index contributed by atoms with van der Waals surface area (Å²) >= 11 is 0. The van der Waals surface area contributed by atoms with Crippen LogP contribution in [0.2, 0.25) is 0 Å². The molecular formula is C10H7NO6S2. The first-order valence-electron chi connectivity index (χ1n) is 4.88. The number of hydrogen-bond donors (Lipinski definition) is 0. The lowest BCUT2D eigenvalue weighted by Crippen LogP contribution is -2.16. The standard InChI is InChI=1S/C10H7NO6S2/c1-7-5-8-3-2-4-9(18(13,14)11-6-12)10(8)17-19(7,15)16/h2-5H,1H3. The van der Waals surface area contributed by atoms with Crippen LogP contribution >= 0.6 is 0 Å². The van der Waals surface area contributed by atoms with Gasteiger partial charge in [0.05, 0.1) is 4.91 Å². The van der Waals surface area contributed by atoms with Crippen molar-refractivity contribution in [3.8, 4) is 5.75 Å². The lowest BCUT2D eigenvalue weighted by Gasteiger charge is -2.17. The van der Waals surface area contributed by atoms with Gasteiger partial charge in [0.1, 0.15) is 4.90 Å². The van der Waals surface area contributed by atoms with E-state index in [1.165, 1.54) is 25.1 Å². The molecule has 0 atom stereocenters. The number of sulfonamides is 1. The second-order valence-electron chi connectivity index (χ2n) is 3.62. The minimum Gasteiger partial charge on any atom is -0.377 e. The van der Waals surface area contributed by atoms with Crippen molar-refractivity contribution in [3.05, 3.63) is 28.7 Å². The largest absolute Gasteiger partial charge is 0.377 e. The molecular weight excluding hydrogens is 294 g/mol. The van der Waals surface area contributed by atoms with E-state index in [0.717, 1.165) is 12.1 Å². The molecule has 0 fully saturated rings. The van der Waals surface area contributed by atoms with Crippen LogP contribution in [0.1, 0.15) is 12.5 Å². The molecule has 1 aliphatic heterocycles. The van der Waals surface area contributed by atoms with Crippen LogP contribution in [0.25, 0.3) is 6.08 Å². The van der Waals surface area contributed by atoms with Crippen LogP contribution in [-0.2, 0) is 24.9 Å². The molecule has 7 nitrogen and oxygen atoms in total. The van der Waals surface area contributed by atoms with Gasteiger partial charge in [-0.1, -0.05) is 16.5 Å². The van der Waals surface area contributed by atoms with Gasteiger partial charge in [0.15, 0.2) is 5.75 Å². The number of para-hydroxylation sites is 1. The van der Waals surface area contributed by atoms with E-state index < -0.39 is 25.0 Å². The molecule has 0 N–H and O–H groups in total. The maximum Gasteiger partial charge on any atom is 0.335 e. The normalized spacial score (nSPS) is 16.6. The quantitative estimate of drug-likeness (QED) is 0.454. The Balaban J connectivity index is 2.79. The number of fused-ring (bicyclic) bond motifs is 1. The number of nitrogens with zero attached hydrogens (tertiary/aromatic N) is 1. The minimum absolute atomic E-state index is 0.0477. The fraction of sp³-hybridized carbons (Fsp3) is 0.100. The first kappa shape index (κ1) is 13.5. The Morgan fingerprint density at radius 3 is 2.63 bits per heavy atom. The van der Waals surface area contributed by atoms with Crippen LogP contribution in [0.5, 0.6) is 5.75 Å². The van der Waals surface area contributed by atoms with E-state index in [9.17, 15) is 21.6 Å². The highest BCUT2D eigenvalue weighted by Crippen LogP contribution is 2.36. The van der Waals surface area contributed by atoms with E-state index in [0.29, 0.717) is 0 Å². The first-order chi connectivity index (χ1) is 8.78. The number of hydrogen-bond acceptors (Lipinski definition) is 6. The second kappa shape index (κ2) is 4.30. The Bertz CT molecular complexity index is 829. The lowest BCUT2D eigenvalue weighted by atomic mass is 10.2. The number of allylic oxidation sites excluding steroid dienone is 1. The van der Waals surface area contributed by atoms with Gasteiger partial charge in [0.25, 0.3) is 16.1 Å². The van der Waals surface area contributed by atoms with E-state index in [1.807, 2.05) is 0 Å². The second-order valence-corrected chi connectivity index (χ2v) is 6.92. The van der Waals surface area contributed by atoms with Crippen LogP contribution in [0, 0.1) is 0 Å². The van der Waals surface area contributed by atoms with Crippen LogP contribution in [-0.4, -0.2) is 22.9 Å². The molecule has 0 aromatic heterocycles. The van der Waals surface area contributed by atoms with E-state index in [4.69, 9.17) is 4.18 Å². The average Bonchev–Trinajstić information content (AvgIpc) is 2.29. The van der Waals surface area contributed by atoms with Crippen LogP contribution in [0.15, 0.2) is 32.4 Å². The molecule has 9 heteroatoms. The van der Waals surface area contributed by atoms with Gasteiger partial charge >= 0.3 is 10.1 Å². The molecule has 0 radical (unpaired) electrons. The zero-order chi connectivity index (χ0) is 14.3. The number of isocyanates is 1. The summed E-state index contributed by atoms with van der Waals surface area (Å²) in [7, 11) is -8.35. The molecule has 0 unspecified atom stereocenters. The van der Waals surface area contributed by atoms with E-state index in [1.54, 1.807) is 0 Å². The fourth-order valence-corrected chi connectivity index (χ4v) is 3.21. The van der Waals surface area contributed by atoms with E-state index in [-0.39, 0.29) is 16.2 Å². The molecule has 1 aromatic carbocycles. The molecule has 1 heterocycles. The zero-order valence-electron chi connectivity index (χ0n) is 9.52. The summed E-state index contributed by atoms with van der Waals surface area (Å²) < 4.78 is 53.9. The number of carbonyl (C=O) groups excluding carboxylic acids is 1. The minimum atomic E-state index is -4.34. The first-order valence-corrected chi connectivity index (χ1v) is 7.73. The monoisotopic (exact) mass is 301 g/mol. The summed E-state index contributed by atoms with van der Waals surface area (Å²) in [5.41, 5.74) is 0.273. The molecule has 19 heavy (non-hydrogen) atoms. The van der Waals surface area contributed by atoms with Gasteiger partial charge in [-0.15, -0.1) is 0 Å². The Morgan fingerprint density at radius 1 is 1.32 bits per heavy atom. The van der Waals surface area contributed by atoms with Crippen molar-refractivity contribution in [2.45, 2.75) is 11.8 Å². The Kier molecular flexibility index (Phi) is 3.05. The molecule has 1 aromatic rings. The van der Waals surface area contributed by atoms with E-state index in [2.05, 4.69) is 4.40 Å². The third-order valence-corrected chi connectivity index (χ3v) is 4.88. The average molecular weight is 301 g/mol. The van der Waals surface area contributed by atoms with Gasteiger partial charge in [-0.25, -0.2) is 4.79 Å². The summed E-state index contributed by atoms with van der Waals surface area (Å²) in [5.74, 6) is -0.368. The van der Waals surface area contributed by atoms with Gasteiger partial charge in [-0.05, 0) is 19.1 Å². The zero-order valence-corrected chi connectivity index (χ0v) is 11.2. The van der Waals surface area contributed by atoms with Crippen molar-refractivity contribution in [3.63, 3.8) is 0 Å². The molecule has 0 spiro atoms. The molecule has 100 valence electrons. The highest BCUT2D eigenvalue weighted by Gasteiger charge is 2.29. The summed E-state index contributed by atoms with van der Waals surface area (Å²) in [4.78, 5) is 9.55. The van der Waals surface area contributed by atoms with Crippen molar-refractivity contribution in [1.29, 1.82) is 0 Å². The highest BCUT2D eigenvalue weighted by atomic mass is 32.2. The fourth-order valence-electron chi connectivity index (χ4n) is 1.50. The maximum atomic E-state index is 11.7. The van der Waals surface area contributed by atoms with Crippen molar-refractivity contribution in [1.82, 2.24) is 0 Å².